The molecule has 0 aliphatic carbocycles. The zero-order chi connectivity index (χ0) is 11.4. The summed E-state index contributed by atoms with van der Waals surface area (Å²) in [6.07, 6.45) is 6.12. The van der Waals surface area contributed by atoms with E-state index in [4.69, 9.17) is 0 Å². The Bertz CT molecular complexity index is 319. The average molecular weight is 256 g/mol. The number of hydrogen-bond donors (Lipinski definition) is 1. The van der Waals surface area contributed by atoms with Crippen molar-refractivity contribution in [2.24, 2.45) is 0 Å². The van der Waals surface area contributed by atoms with E-state index in [1.165, 1.54) is 34.9 Å². The van der Waals surface area contributed by atoms with Crippen LogP contribution in [0.5, 0.6) is 0 Å². The van der Waals surface area contributed by atoms with Crippen molar-refractivity contribution in [3.8, 4) is 0 Å². The molecule has 0 amide bonds. The van der Waals surface area contributed by atoms with Gasteiger partial charge in [0.2, 0.25) is 0 Å². The van der Waals surface area contributed by atoms with Gasteiger partial charge in [0.15, 0.2) is 0 Å². The van der Waals surface area contributed by atoms with Crippen molar-refractivity contribution in [2.75, 3.05) is 12.3 Å². The van der Waals surface area contributed by atoms with Gasteiger partial charge in [-0.2, -0.15) is 11.8 Å². The van der Waals surface area contributed by atoms with Crippen LogP contribution in [0.3, 0.4) is 0 Å². The predicted octanol–water partition coefficient (Wildman–Crippen LogP) is 3.77. The number of thioether (sulfide) groups is 1. The highest BCUT2D eigenvalue weighted by molar-refractivity contribution is 7.99. The van der Waals surface area contributed by atoms with Gasteiger partial charge in [0.05, 0.1) is 5.25 Å². The van der Waals surface area contributed by atoms with Gasteiger partial charge >= 0.3 is 0 Å². The van der Waals surface area contributed by atoms with Crippen LogP contribution >= 0.6 is 23.1 Å². The van der Waals surface area contributed by atoms with Crippen LogP contribution < -0.4 is 5.32 Å². The maximum Gasteiger partial charge on any atom is 0.106 e. The third-order valence-corrected chi connectivity index (χ3v) is 5.76. The monoisotopic (exact) mass is 256 g/mol. The number of nitrogens with zero attached hydrogens (tertiary/aromatic N) is 1. The second-order valence-electron chi connectivity index (χ2n) is 4.24. The number of hydrogen-bond acceptors (Lipinski definition) is 4. The second-order valence-corrected chi connectivity index (χ2v) is 6.64. The Kier molecular flexibility index (Phi) is 4.67. The summed E-state index contributed by atoms with van der Waals surface area (Å²) < 4.78 is 0. The summed E-state index contributed by atoms with van der Waals surface area (Å²) in [5.74, 6) is 1.31. The molecule has 4 heteroatoms. The molecule has 0 radical (unpaired) electrons. The van der Waals surface area contributed by atoms with Crippen LogP contribution in [-0.4, -0.2) is 17.3 Å². The van der Waals surface area contributed by atoms with E-state index in [1.54, 1.807) is 0 Å². The average Bonchev–Trinajstić information content (AvgIpc) is 2.80. The summed E-state index contributed by atoms with van der Waals surface area (Å²) in [6.45, 7) is 5.39. The van der Waals surface area contributed by atoms with Crippen LogP contribution in [0.4, 0.5) is 0 Å². The van der Waals surface area contributed by atoms with Gasteiger partial charge < -0.3 is 5.32 Å². The molecule has 2 atom stereocenters. The standard InChI is InChI=1S/C12H20N2S2/c1-3-13-9(2)11-8-14-12(16-11)10-6-4-5-7-15-10/h8-10,13H,3-7H2,1-2H3. The molecule has 1 aromatic rings. The van der Waals surface area contributed by atoms with E-state index < -0.39 is 0 Å². The summed E-state index contributed by atoms with van der Waals surface area (Å²) >= 11 is 3.98. The van der Waals surface area contributed by atoms with Crippen LogP contribution in [-0.2, 0) is 0 Å². The van der Waals surface area contributed by atoms with E-state index in [9.17, 15) is 0 Å². The molecule has 0 saturated carbocycles. The largest absolute Gasteiger partial charge is 0.310 e. The number of thiazole rings is 1. The predicted molar refractivity (Wildman–Crippen MR) is 73.3 cm³/mol. The molecule has 2 unspecified atom stereocenters. The van der Waals surface area contributed by atoms with E-state index in [-0.39, 0.29) is 0 Å². The third-order valence-electron chi connectivity index (χ3n) is 2.93. The highest BCUT2D eigenvalue weighted by atomic mass is 32.2. The number of rotatable bonds is 4. The molecule has 2 heterocycles. The summed E-state index contributed by atoms with van der Waals surface area (Å²) in [5, 5.41) is 5.45. The third kappa shape index (κ3) is 2.99. The number of aromatic nitrogens is 1. The SMILES string of the molecule is CCNC(C)c1cnc(C2CCCCS2)s1. The van der Waals surface area contributed by atoms with Crippen molar-refractivity contribution < 1.29 is 0 Å². The second kappa shape index (κ2) is 6.03. The summed E-state index contributed by atoms with van der Waals surface area (Å²) in [6, 6.07) is 0.449. The Hall–Kier alpha value is -0.0600. The van der Waals surface area contributed by atoms with E-state index in [0.29, 0.717) is 11.3 Å². The molecule has 0 aromatic carbocycles. The van der Waals surface area contributed by atoms with Crippen molar-refractivity contribution in [1.82, 2.24) is 10.3 Å². The van der Waals surface area contributed by atoms with Crippen molar-refractivity contribution in [3.05, 3.63) is 16.1 Å². The first-order valence-corrected chi connectivity index (χ1v) is 7.98. The van der Waals surface area contributed by atoms with Crippen molar-refractivity contribution >= 4 is 23.1 Å². The van der Waals surface area contributed by atoms with Crippen LogP contribution in [0.15, 0.2) is 6.20 Å². The first-order chi connectivity index (χ1) is 7.81. The lowest BCUT2D eigenvalue weighted by atomic mass is 10.2. The minimum absolute atomic E-state index is 0.449. The van der Waals surface area contributed by atoms with Crippen molar-refractivity contribution in [1.29, 1.82) is 0 Å². The fraction of sp³-hybridized carbons (Fsp3) is 0.750. The van der Waals surface area contributed by atoms with Crippen LogP contribution in [0.2, 0.25) is 0 Å². The molecule has 1 N–H and O–H groups in total. The van der Waals surface area contributed by atoms with Gasteiger partial charge in [-0.05, 0) is 32.1 Å². The lowest BCUT2D eigenvalue weighted by Gasteiger charge is -2.18. The quantitative estimate of drug-likeness (QED) is 0.887. The van der Waals surface area contributed by atoms with Gasteiger partial charge in [-0.25, -0.2) is 4.98 Å². The zero-order valence-electron chi connectivity index (χ0n) is 10.0. The molecule has 1 aromatic heterocycles. The van der Waals surface area contributed by atoms with Crippen LogP contribution in [0.1, 0.15) is 54.3 Å². The minimum atomic E-state index is 0.449. The maximum atomic E-state index is 4.60. The lowest BCUT2D eigenvalue weighted by molar-refractivity contribution is 0.606. The maximum absolute atomic E-state index is 4.60. The van der Waals surface area contributed by atoms with Gasteiger partial charge in [0.25, 0.3) is 0 Å². The lowest BCUT2D eigenvalue weighted by Crippen LogP contribution is -2.16. The van der Waals surface area contributed by atoms with E-state index in [2.05, 4.69) is 42.1 Å². The van der Waals surface area contributed by atoms with E-state index in [1.807, 2.05) is 11.3 Å². The molecule has 2 rings (SSSR count). The van der Waals surface area contributed by atoms with Crippen LogP contribution in [0, 0.1) is 0 Å². The summed E-state index contributed by atoms with van der Waals surface area (Å²) in [4.78, 5) is 5.98. The van der Waals surface area contributed by atoms with Gasteiger partial charge in [-0.15, -0.1) is 11.3 Å². The van der Waals surface area contributed by atoms with Crippen LogP contribution in [0.25, 0.3) is 0 Å². The Morgan fingerprint density at radius 3 is 3.12 bits per heavy atom. The molecule has 90 valence electrons. The Balaban J connectivity index is 2.00. The van der Waals surface area contributed by atoms with Crippen molar-refractivity contribution in [2.45, 2.75) is 44.4 Å². The summed E-state index contributed by atoms with van der Waals surface area (Å²) in [5.41, 5.74) is 0. The van der Waals surface area contributed by atoms with Gasteiger partial charge in [-0.3, -0.25) is 0 Å². The molecule has 1 aliphatic rings. The highest BCUT2D eigenvalue weighted by Crippen LogP contribution is 2.40. The Morgan fingerprint density at radius 2 is 2.44 bits per heavy atom. The molecule has 1 aliphatic heterocycles. The first kappa shape index (κ1) is 12.4. The fourth-order valence-electron chi connectivity index (χ4n) is 1.99. The molecule has 1 saturated heterocycles. The smallest absolute Gasteiger partial charge is 0.106 e. The van der Waals surface area contributed by atoms with Gasteiger partial charge in [-0.1, -0.05) is 13.3 Å². The highest BCUT2D eigenvalue weighted by Gasteiger charge is 2.20. The number of nitrogens with one attached hydrogen (secondary N) is 1. The molecular weight excluding hydrogens is 236 g/mol. The molecule has 1 fully saturated rings. The Labute approximate surface area is 106 Å². The van der Waals surface area contributed by atoms with E-state index in [0.717, 1.165) is 6.54 Å². The summed E-state index contributed by atoms with van der Waals surface area (Å²) in [7, 11) is 0. The Morgan fingerprint density at radius 1 is 1.56 bits per heavy atom. The molecular formula is C12H20N2S2. The molecule has 0 bridgehead atoms. The fourth-order valence-corrected chi connectivity index (χ4v) is 4.49. The van der Waals surface area contributed by atoms with E-state index >= 15 is 0 Å². The molecule has 0 spiro atoms. The van der Waals surface area contributed by atoms with Gasteiger partial charge in [0.1, 0.15) is 5.01 Å². The normalized spacial score (nSPS) is 23.2. The molecule has 16 heavy (non-hydrogen) atoms. The molecule has 2 nitrogen and oxygen atoms in total. The minimum Gasteiger partial charge on any atom is -0.310 e. The van der Waals surface area contributed by atoms with Crippen molar-refractivity contribution in [3.63, 3.8) is 0 Å². The first-order valence-electron chi connectivity index (χ1n) is 6.12. The van der Waals surface area contributed by atoms with Gasteiger partial charge in [0, 0.05) is 17.1 Å². The zero-order valence-corrected chi connectivity index (χ0v) is 11.7. The topological polar surface area (TPSA) is 24.9 Å².